The summed E-state index contributed by atoms with van der Waals surface area (Å²) in [5.74, 6) is -0.578. The Bertz CT molecular complexity index is 705. The summed E-state index contributed by atoms with van der Waals surface area (Å²) in [5.41, 5.74) is 2.13. The highest BCUT2D eigenvalue weighted by molar-refractivity contribution is 5.81. The largest absolute Gasteiger partial charge is 0.435 e. The zero-order valence-corrected chi connectivity index (χ0v) is 11.9. The molecule has 0 unspecified atom stereocenters. The van der Waals surface area contributed by atoms with E-state index in [1.54, 1.807) is 12.2 Å². The van der Waals surface area contributed by atoms with Crippen LogP contribution in [-0.4, -0.2) is 21.9 Å². The molecule has 8 heteroatoms. The van der Waals surface area contributed by atoms with Crippen molar-refractivity contribution in [1.29, 1.82) is 0 Å². The number of halogens is 3. The Morgan fingerprint density at radius 1 is 1.26 bits per heavy atom. The first-order chi connectivity index (χ1) is 10.9. The summed E-state index contributed by atoms with van der Waals surface area (Å²) in [5, 5.41) is 6.93. The van der Waals surface area contributed by atoms with Crippen molar-refractivity contribution in [3.05, 3.63) is 59.9 Å². The van der Waals surface area contributed by atoms with Crippen LogP contribution < -0.4 is 5.43 Å². The molecule has 23 heavy (non-hydrogen) atoms. The van der Waals surface area contributed by atoms with E-state index >= 15 is 0 Å². The van der Waals surface area contributed by atoms with Gasteiger partial charge < -0.3 is 0 Å². The minimum absolute atomic E-state index is 0.351. The van der Waals surface area contributed by atoms with E-state index in [0.29, 0.717) is 0 Å². The first-order valence-corrected chi connectivity index (χ1v) is 6.59. The standard InChI is InChI=1S/C15H13F3N4O/c16-15(17,18)13-8-10-22(21-13)11-14(23)20-19-9-4-7-12-5-2-1-3-6-12/h1-10H,11H2,(H,20,23)/b7-4+,19-9+. The van der Waals surface area contributed by atoms with Crippen LogP contribution in [0.4, 0.5) is 13.2 Å². The van der Waals surface area contributed by atoms with Gasteiger partial charge in [0.2, 0.25) is 0 Å². The predicted octanol–water partition coefficient (Wildman–Crippen LogP) is 2.72. The lowest BCUT2D eigenvalue weighted by Crippen LogP contribution is -2.23. The Balaban J connectivity index is 1.80. The lowest BCUT2D eigenvalue weighted by atomic mass is 10.2. The second kappa shape index (κ2) is 7.39. The maximum atomic E-state index is 12.4. The van der Waals surface area contributed by atoms with Gasteiger partial charge in [-0.05, 0) is 17.7 Å². The third kappa shape index (κ3) is 5.42. The maximum Gasteiger partial charge on any atom is 0.435 e. The number of carbonyl (C=O) groups is 1. The monoisotopic (exact) mass is 322 g/mol. The molecular formula is C15H13F3N4O. The van der Waals surface area contributed by atoms with Crippen molar-refractivity contribution >= 4 is 18.2 Å². The lowest BCUT2D eigenvalue weighted by molar-refractivity contribution is -0.141. The zero-order valence-electron chi connectivity index (χ0n) is 11.9. The van der Waals surface area contributed by atoms with Gasteiger partial charge in [-0.3, -0.25) is 9.48 Å². The molecule has 1 amide bonds. The lowest BCUT2D eigenvalue weighted by Gasteiger charge is -2.02. The van der Waals surface area contributed by atoms with Crippen molar-refractivity contribution in [3.8, 4) is 0 Å². The quantitative estimate of drug-likeness (QED) is 0.680. The van der Waals surface area contributed by atoms with Gasteiger partial charge in [-0.1, -0.05) is 36.4 Å². The molecule has 0 aliphatic heterocycles. The summed E-state index contributed by atoms with van der Waals surface area (Å²) in [6.45, 7) is -0.351. The van der Waals surface area contributed by atoms with E-state index in [4.69, 9.17) is 0 Å². The fraction of sp³-hybridized carbons (Fsp3) is 0.133. The first kappa shape index (κ1) is 16.5. The van der Waals surface area contributed by atoms with E-state index < -0.39 is 17.8 Å². The van der Waals surface area contributed by atoms with Gasteiger partial charge in [-0.2, -0.15) is 23.4 Å². The number of nitrogens with zero attached hydrogens (tertiary/aromatic N) is 3. The SMILES string of the molecule is O=C(Cn1ccc(C(F)(F)F)n1)N/N=C/C=C/c1ccccc1. The van der Waals surface area contributed by atoms with Crippen LogP contribution >= 0.6 is 0 Å². The van der Waals surface area contributed by atoms with Crippen LogP contribution in [0.15, 0.2) is 53.8 Å². The highest BCUT2D eigenvalue weighted by Gasteiger charge is 2.33. The van der Waals surface area contributed by atoms with Crippen molar-refractivity contribution < 1.29 is 18.0 Å². The third-order valence-electron chi connectivity index (χ3n) is 2.67. The molecule has 0 spiro atoms. The van der Waals surface area contributed by atoms with Crippen molar-refractivity contribution in [2.24, 2.45) is 5.10 Å². The molecule has 0 fully saturated rings. The number of amides is 1. The van der Waals surface area contributed by atoms with Crippen molar-refractivity contribution in [2.45, 2.75) is 12.7 Å². The minimum Gasteiger partial charge on any atom is -0.271 e. The molecule has 0 saturated heterocycles. The summed E-state index contributed by atoms with van der Waals surface area (Å²) < 4.78 is 38.0. The van der Waals surface area contributed by atoms with E-state index in [1.165, 1.54) is 6.21 Å². The Morgan fingerprint density at radius 2 is 2.00 bits per heavy atom. The second-order valence-corrected chi connectivity index (χ2v) is 4.48. The third-order valence-corrected chi connectivity index (χ3v) is 2.67. The van der Waals surface area contributed by atoms with Crippen LogP contribution in [0.25, 0.3) is 6.08 Å². The number of alkyl halides is 3. The number of hydrogen-bond acceptors (Lipinski definition) is 3. The fourth-order valence-electron chi connectivity index (χ4n) is 1.65. The number of benzene rings is 1. The van der Waals surface area contributed by atoms with Crippen LogP contribution in [0.1, 0.15) is 11.3 Å². The van der Waals surface area contributed by atoms with Gasteiger partial charge in [0, 0.05) is 12.4 Å². The van der Waals surface area contributed by atoms with Gasteiger partial charge in [-0.15, -0.1) is 0 Å². The second-order valence-electron chi connectivity index (χ2n) is 4.48. The number of allylic oxidation sites excluding steroid dienone is 1. The van der Waals surface area contributed by atoms with Crippen molar-refractivity contribution in [2.75, 3.05) is 0 Å². The average Bonchev–Trinajstić information content (AvgIpc) is 2.96. The molecule has 2 rings (SSSR count). The highest BCUT2D eigenvalue weighted by atomic mass is 19.4. The molecule has 2 aromatic rings. The van der Waals surface area contributed by atoms with Crippen LogP contribution in [0.3, 0.4) is 0 Å². The summed E-state index contributed by atoms with van der Waals surface area (Å²) in [4.78, 5) is 11.5. The van der Waals surface area contributed by atoms with E-state index in [1.807, 2.05) is 30.3 Å². The van der Waals surface area contributed by atoms with Crippen LogP contribution in [0.5, 0.6) is 0 Å². The molecule has 1 heterocycles. The zero-order chi connectivity index (χ0) is 16.7. The molecular weight excluding hydrogens is 309 g/mol. The number of hydrogen-bond donors (Lipinski definition) is 1. The Morgan fingerprint density at radius 3 is 2.65 bits per heavy atom. The van der Waals surface area contributed by atoms with Crippen molar-refractivity contribution in [3.63, 3.8) is 0 Å². The molecule has 0 aliphatic carbocycles. The van der Waals surface area contributed by atoms with Crippen LogP contribution in [0.2, 0.25) is 0 Å². The van der Waals surface area contributed by atoms with Gasteiger partial charge >= 0.3 is 6.18 Å². The molecule has 0 bridgehead atoms. The topological polar surface area (TPSA) is 59.3 Å². The summed E-state index contributed by atoms with van der Waals surface area (Å²) >= 11 is 0. The highest BCUT2D eigenvalue weighted by Crippen LogP contribution is 2.27. The number of hydrazone groups is 1. The molecule has 5 nitrogen and oxygen atoms in total. The summed E-state index contributed by atoms with van der Waals surface area (Å²) in [6, 6.07) is 10.3. The molecule has 1 aromatic carbocycles. The molecule has 0 saturated carbocycles. The number of nitrogens with one attached hydrogen (secondary N) is 1. The predicted molar refractivity (Wildman–Crippen MR) is 79.3 cm³/mol. The Kier molecular flexibility index (Phi) is 5.29. The van der Waals surface area contributed by atoms with Crippen LogP contribution in [-0.2, 0) is 17.5 Å². The van der Waals surface area contributed by atoms with Crippen LogP contribution in [0, 0.1) is 0 Å². The molecule has 0 radical (unpaired) electrons. The van der Waals surface area contributed by atoms with E-state index in [2.05, 4.69) is 15.6 Å². The Hall–Kier alpha value is -2.90. The number of rotatable bonds is 5. The first-order valence-electron chi connectivity index (χ1n) is 6.59. The van der Waals surface area contributed by atoms with Gasteiger partial charge in [-0.25, -0.2) is 5.43 Å². The van der Waals surface area contributed by atoms with Gasteiger partial charge in [0.25, 0.3) is 5.91 Å². The average molecular weight is 322 g/mol. The van der Waals surface area contributed by atoms with E-state index in [0.717, 1.165) is 22.5 Å². The molecule has 1 N–H and O–H groups in total. The molecule has 0 aliphatic rings. The minimum atomic E-state index is -4.53. The summed E-state index contributed by atoms with van der Waals surface area (Å²) in [7, 11) is 0. The fourth-order valence-corrected chi connectivity index (χ4v) is 1.65. The van der Waals surface area contributed by atoms with Gasteiger partial charge in [0.15, 0.2) is 5.69 Å². The molecule has 1 aromatic heterocycles. The maximum absolute atomic E-state index is 12.4. The van der Waals surface area contributed by atoms with Gasteiger partial charge in [0.05, 0.1) is 0 Å². The molecule has 0 atom stereocenters. The molecule has 120 valence electrons. The summed E-state index contributed by atoms with van der Waals surface area (Å²) in [6.07, 6.45) is 1.35. The number of carbonyl (C=O) groups excluding carboxylic acids is 1. The Labute approximate surface area is 130 Å². The van der Waals surface area contributed by atoms with E-state index in [9.17, 15) is 18.0 Å². The van der Waals surface area contributed by atoms with Gasteiger partial charge in [0.1, 0.15) is 6.54 Å². The number of aromatic nitrogens is 2. The van der Waals surface area contributed by atoms with Crippen molar-refractivity contribution in [1.82, 2.24) is 15.2 Å². The normalized spacial score (nSPS) is 12.1. The van der Waals surface area contributed by atoms with E-state index in [-0.39, 0.29) is 6.54 Å². The smallest absolute Gasteiger partial charge is 0.271 e.